The van der Waals surface area contributed by atoms with Crippen LogP contribution in [0.1, 0.15) is 5.56 Å². The molecule has 0 N–H and O–H groups in total. The first kappa shape index (κ1) is 11.4. The van der Waals surface area contributed by atoms with Crippen LogP contribution in [0.4, 0.5) is 0 Å². The maximum absolute atomic E-state index is 11.9. The normalized spacial score (nSPS) is 10.6. The second-order valence-corrected chi connectivity index (χ2v) is 4.42. The van der Waals surface area contributed by atoms with Crippen molar-refractivity contribution in [2.75, 3.05) is 0 Å². The molecule has 0 saturated heterocycles. The second kappa shape index (κ2) is 4.19. The van der Waals surface area contributed by atoms with E-state index in [1.54, 1.807) is 11.6 Å². The molecule has 1 heterocycles. The first-order valence-electron chi connectivity index (χ1n) is 5.91. The molecular weight excluding hydrogens is 238 g/mol. The number of hydrogen-bond donors (Lipinski definition) is 0. The van der Waals surface area contributed by atoms with E-state index in [4.69, 9.17) is 5.53 Å². The third-order valence-electron chi connectivity index (χ3n) is 3.36. The van der Waals surface area contributed by atoms with Gasteiger partial charge in [-0.05, 0) is 16.8 Å². The van der Waals surface area contributed by atoms with E-state index in [2.05, 4.69) is 4.79 Å². The van der Waals surface area contributed by atoms with Gasteiger partial charge < -0.3 is 10.1 Å². The zero-order valence-electron chi connectivity index (χ0n) is 10.4. The van der Waals surface area contributed by atoms with Gasteiger partial charge in [0.05, 0.1) is 11.1 Å². The van der Waals surface area contributed by atoms with E-state index in [9.17, 15) is 4.79 Å². The van der Waals surface area contributed by atoms with Crippen LogP contribution in [0.25, 0.3) is 27.2 Å². The molecule has 0 spiro atoms. The van der Waals surface area contributed by atoms with Crippen LogP contribution in [0.5, 0.6) is 0 Å². The van der Waals surface area contributed by atoms with Crippen molar-refractivity contribution in [3.8, 4) is 0 Å². The quantitative estimate of drug-likeness (QED) is 0.282. The lowest BCUT2D eigenvalue weighted by atomic mass is 10.0. The predicted octanol–water partition coefficient (Wildman–Crippen LogP) is 2.34. The van der Waals surface area contributed by atoms with Crippen molar-refractivity contribution in [3.63, 3.8) is 0 Å². The van der Waals surface area contributed by atoms with Gasteiger partial charge in [-0.2, -0.15) is 4.79 Å². The molecule has 0 amide bonds. The Morgan fingerprint density at radius 2 is 2.00 bits per heavy atom. The first-order chi connectivity index (χ1) is 9.22. The molecule has 0 bridgehead atoms. The van der Waals surface area contributed by atoms with Crippen LogP contribution in [0.2, 0.25) is 0 Å². The van der Waals surface area contributed by atoms with Gasteiger partial charge in [-0.15, -0.1) is 0 Å². The van der Waals surface area contributed by atoms with Crippen molar-refractivity contribution in [1.82, 2.24) is 4.57 Å². The number of aryl methyl sites for hydroxylation is 1. The van der Waals surface area contributed by atoms with Crippen LogP contribution in [0, 0.1) is 0 Å². The molecule has 2 aromatic carbocycles. The van der Waals surface area contributed by atoms with Gasteiger partial charge in [-0.1, -0.05) is 30.3 Å². The summed E-state index contributed by atoms with van der Waals surface area (Å²) < 4.78 is 1.59. The molecule has 0 fully saturated rings. The van der Waals surface area contributed by atoms with Crippen LogP contribution in [-0.2, 0) is 7.05 Å². The number of rotatable bonds is 1. The highest BCUT2D eigenvalue weighted by Crippen LogP contribution is 2.26. The van der Waals surface area contributed by atoms with E-state index in [0.717, 1.165) is 21.7 Å². The van der Waals surface area contributed by atoms with Gasteiger partial charge in [-0.25, -0.2) is 0 Å². The molecular formula is C15H11N3O. The molecule has 0 aliphatic heterocycles. The Balaban J connectivity index is 2.67. The Morgan fingerprint density at radius 3 is 2.79 bits per heavy atom. The lowest BCUT2D eigenvalue weighted by molar-refractivity contribution is 0.00466. The summed E-state index contributed by atoms with van der Waals surface area (Å²) in [6, 6.07) is 13.3. The van der Waals surface area contributed by atoms with Crippen LogP contribution in [-0.4, -0.2) is 15.6 Å². The molecule has 0 aliphatic rings. The number of aromatic nitrogens is 1. The predicted molar refractivity (Wildman–Crippen MR) is 75.5 cm³/mol. The van der Waals surface area contributed by atoms with Gasteiger partial charge in [-0.3, -0.25) is 4.79 Å². The molecule has 0 aliphatic carbocycles. The Kier molecular flexibility index (Phi) is 2.51. The summed E-state index contributed by atoms with van der Waals surface area (Å²) >= 11 is 0. The summed E-state index contributed by atoms with van der Waals surface area (Å²) in [6.07, 6.45) is 1.30. The second-order valence-electron chi connectivity index (χ2n) is 4.42. The third-order valence-corrected chi connectivity index (χ3v) is 3.36. The first-order valence-corrected chi connectivity index (χ1v) is 5.91. The zero-order valence-corrected chi connectivity index (χ0v) is 10.4. The van der Waals surface area contributed by atoms with Crippen molar-refractivity contribution in [2.24, 2.45) is 7.05 Å². The van der Waals surface area contributed by atoms with Crippen LogP contribution in [0.15, 0.2) is 47.3 Å². The molecule has 92 valence electrons. The molecule has 3 aromatic rings. The lowest BCUT2D eigenvalue weighted by Gasteiger charge is -2.09. The summed E-state index contributed by atoms with van der Waals surface area (Å²) in [7, 11) is 1.74. The fourth-order valence-electron chi connectivity index (χ4n) is 2.43. The van der Waals surface area contributed by atoms with Crippen LogP contribution in [0.3, 0.4) is 0 Å². The minimum absolute atomic E-state index is 0.127. The van der Waals surface area contributed by atoms with Crippen LogP contribution >= 0.6 is 0 Å². The van der Waals surface area contributed by atoms with Crippen molar-refractivity contribution in [2.45, 2.75) is 0 Å². The number of pyridine rings is 1. The van der Waals surface area contributed by atoms with Gasteiger partial charge in [0.2, 0.25) is 0 Å². The van der Waals surface area contributed by atoms with Crippen LogP contribution < -0.4 is 5.56 Å². The molecule has 1 aromatic heterocycles. The van der Waals surface area contributed by atoms with E-state index >= 15 is 0 Å². The number of hydrogen-bond acceptors (Lipinski definition) is 1. The van der Waals surface area contributed by atoms with E-state index in [1.165, 1.54) is 12.3 Å². The maximum Gasteiger partial charge on any atom is 0.288 e. The van der Waals surface area contributed by atoms with Crippen molar-refractivity contribution in [1.29, 1.82) is 0 Å². The molecule has 0 saturated carbocycles. The Labute approximate surface area is 109 Å². The molecule has 4 nitrogen and oxygen atoms in total. The molecule has 4 heteroatoms. The van der Waals surface area contributed by atoms with Crippen molar-refractivity contribution < 1.29 is 4.79 Å². The average Bonchev–Trinajstić information content (AvgIpc) is 2.43. The van der Waals surface area contributed by atoms with Crippen molar-refractivity contribution in [3.05, 3.63) is 63.9 Å². The van der Waals surface area contributed by atoms with Crippen molar-refractivity contribution >= 4 is 27.9 Å². The highest BCUT2D eigenvalue weighted by molar-refractivity contribution is 6.12. The summed E-state index contributed by atoms with van der Waals surface area (Å²) in [5, 5.41) is 3.03. The SMILES string of the molecule is Cn1c(=O)cc(C=[N+]=[N-])c2c3ccccc3ccc21. The molecule has 0 unspecified atom stereocenters. The van der Waals surface area contributed by atoms with Gasteiger partial charge in [0, 0.05) is 18.5 Å². The van der Waals surface area contributed by atoms with E-state index in [0.29, 0.717) is 5.56 Å². The molecule has 3 rings (SSSR count). The number of nitrogens with zero attached hydrogens (tertiary/aromatic N) is 3. The molecule has 19 heavy (non-hydrogen) atoms. The minimum Gasteiger partial charge on any atom is -0.361 e. The standard InChI is InChI=1S/C15H11N3O/c1-18-13-7-6-10-4-2-3-5-12(10)15(13)11(9-17-16)8-14(18)19/h2-9H,1H3. The smallest absolute Gasteiger partial charge is 0.288 e. The Hall–Kier alpha value is -2.71. The van der Waals surface area contributed by atoms with Gasteiger partial charge in [0.25, 0.3) is 11.8 Å². The average molecular weight is 249 g/mol. The van der Waals surface area contributed by atoms with E-state index < -0.39 is 0 Å². The molecule has 0 atom stereocenters. The molecule has 0 radical (unpaired) electrons. The van der Waals surface area contributed by atoms with Gasteiger partial charge in [0.1, 0.15) is 0 Å². The van der Waals surface area contributed by atoms with Gasteiger partial charge in [0.15, 0.2) is 0 Å². The third kappa shape index (κ3) is 1.66. The fraction of sp³-hybridized carbons (Fsp3) is 0.0667. The minimum atomic E-state index is -0.127. The lowest BCUT2D eigenvalue weighted by Crippen LogP contribution is -2.17. The summed E-state index contributed by atoms with van der Waals surface area (Å²) in [5.74, 6) is 0. The summed E-state index contributed by atoms with van der Waals surface area (Å²) in [4.78, 5) is 14.9. The Morgan fingerprint density at radius 1 is 1.21 bits per heavy atom. The Bertz CT molecular complexity index is 902. The van der Waals surface area contributed by atoms with E-state index in [1.807, 2.05) is 36.4 Å². The zero-order chi connectivity index (χ0) is 13.4. The van der Waals surface area contributed by atoms with E-state index in [-0.39, 0.29) is 5.56 Å². The van der Waals surface area contributed by atoms with Gasteiger partial charge >= 0.3 is 0 Å². The highest BCUT2D eigenvalue weighted by atomic mass is 16.1. The highest BCUT2D eigenvalue weighted by Gasteiger charge is 2.10. The fourth-order valence-corrected chi connectivity index (χ4v) is 2.43. The number of benzene rings is 2. The number of fused-ring (bicyclic) bond motifs is 3. The summed E-state index contributed by atoms with van der Waals surface area (Å²) in [5.41, 5.74) is 10.1. The summed E-state index contributed by atoms with van der Waals surface area (Å²) in [6.45, 7) is 0. The topological polar surface area (TPSA) is 58.4 Å². The maximum atomic E-state index is 11.9. The largest absolute Gasteiger partial charge is 0.361 e. The monoisotopic (exact) mass is 249 g/mol.